The van der Waals surface area contributed by atoms with Crippen molar-refractivity contribution >= 4 is 21.9 Å². The van der Waals surface area contributed by atoms with E-state index < -0.39 is 5.60 Å². The van der Waals surface area contributed by atoms with Gasteiger partial charge in [0.15, 0.2) is 0 Å². The summed E-state index contributed by atoms with van der Waals surface area (Å²) in [5.41, 5.74) is 6.83. The number of ether oxygens (including phenoxy) is 1. The standard InChI is InChI=1S/C31H31FN2O3/c1-19-17-37-18-26(19)22-14-28-29(33-16-22)25-9-6-23(31(2,3)35)15-27(25)34(28)30(21-10-12-36-13-11-21)20-4-7-24(32)8-5-20/h4-9,14-18,21,30,35H,10-13H2,1-3H3. The Labute approximate surface area is 215 Å². The van der Waals surface area contributed by atoms with Crippen LogP contribution in [0.3, 0.4) is 0 Å². The molecular formula is C31H31FN2O3. The first-order chi connectivity index (χ1) is 17.8. The molecule has 1 N–H and O–H groups in total. The minimum absolute atomic E-state index is 0.0518. The van der Waals surface area contributed by atoms with Gasteiger partial charge < -0.3 is 18.8 Å². The summed E-state index contributed by atoms with van der Waals surface area (Å²) in [6, 6.07) is 15.1. The Morgan fingerprint density at radius 2 is 1.78 bits per heavy atom. The number of halogens is 1. The molecule has 37 heavy (non-hydrogen) atoms. The average molecular weight is 499 g/mol. The highest BCUT2D eigenvalue weighted by atomic mass is 19.1. The average Bonchev–Trinajstić information content (AvgIpc) is 3.46. The van der Waals surface area contributed by atoms with Gasteiger partial charge in [0, 0.05) is 35.9 Å². The van der Waals surface area contributed by atoms with E-state index in [2.05, 4.69) is 22.8 Å². The highest BCUT2D eigenvalue weighted by Gasteiger charge is 2.31. The first-order valence-corrected chi connectivity index (χ1v) is 12.8. The number of pyridine rings is 1. The molecule has 4 heterocycles. The Morgan fingerprint density at radius 3 is 2.46 bits per heavy atom. The van der Waals surface area contributed by atoms with Crippen LogP contribution in [0.25, 0.3) is 33.1 Å². The third-order valence-electron chi connectivity index (χ3n) is 7.71. The highest BCUT2D eigenvalue weighted by molar-refractivity contribution is 6.07. The van der Waals surface area contributed by atoms with E-state index in [1.165, 1.54) is 12.1 Å². The number of aromatic nitrogens is 2. The summed E-state index contributed by atoms with van der Waals surface area (Å²) in [4.78, 5) is 4.94. The lowest BCUT2D eigenvalue weighted by atomic mass is 9.86. The topological polar surface area (TPSA) is 60.4 Å². The van der Waals surface area contributed by atoms with E-state index in [1.807, 2.05) is 31.3 Å². The molecule has 0 aliphatic carbocycles. The van der Waals surface area contributed by atoms with Crippen molar-refractivity contribution in [1.29, 1.82) is 0 Å². The zero-order valence-corrected chi connectivity index (χ0v) is 21.4. The fourth-order valence-corrected chi connectivity index (χ4v) is 5.71. The summed E-state index contributed by atoms with van der Waals surface area (Å²) in [6.45, 7) is 7.03. The molecule has 1 unspecified atom stereocenters. The molecule has 6 rings (SSSR count). The van der Waals surface area contributed by atoms with Gasteiger partial charge in [-0.3, -0.25) is 4.98 Å². The van der Waals surface area contributed by atoms with Crippen LogP contribution >= 0.6 is 0 Å². The summed E-state index contributed by atoms with van der Waals surface area (Å²) in [5, 5.41) is 11.9. The van der Waals surface area contributed by atoms with Gasteiger partial charge in [0.1, 0.15) is 5.82 Å². The monoisotopic (exact) mass is 498 g/mol. The fraction of sp³-hybridized carbons (Fsp3) is 0.323. The molecule has 0 bridgehead atoms. The quantitative estimate of drug-likeness (QED) is 0.280. The number of hydrogen-bond acceptors (Lipinski definition) is 4. The van der Waals surface area contributed by atoms with Gasteiger partial charge in [-0.1, -0.05) is 24.3 Å². The molecule has 3 aromatic heterocycles. The van der Waals surface area contributed by atoms with Gasteiger partial charge in [0.05, 0.1) is 40.7 Å². The zero-order valence-electron chi connectivity index (χ0n) is 21.4. The van der Waals surface area contributed by atoms with Gasteiger partial charge in [-0.05, 0) is 80.5 Å². The molecule has 0 radical (unpaired) electrons. The lowest BCUT2D eigenvalue weighted by Crippen LogP contribution is -2.27. The van der Waals surface area contributed by atoms with Crippen molar-refractivity contribution in [2.24, 2.45) is 5.92 Å². The van der Waals surface area contributed by atoms with Crippen LogP contribution in [0.4, 0.5) is 4.39 Å². The van der Waals surface area contributed by atoms with Crippen LogP contribution in [-0.4, -0.2) is 27.9 Å². The normalized spacial score (nSPS) is 16.0. The molecule has 5 aromatic rings. The first kappa shape index (κ1) is 23.9. The van der Waals surface area contributed by atoms with E-state index >= 15 is 0 Å². The number of nitrogens with zero attached hydrogens (tertiary/aromatic N) is 2. The zero-order chi connectivity index (χ0) is 25.7. The molecule has 6 heteroatoms. The van der Waals surface area contributed by atoms with E-state index in [0.29, 0.717) is 19.1 Å². The van der Waals surface area contributed by atoms with Gasteiger partial charge in [-0.2, -0.15) is 0 Å². The van der Waals surface area contributed by atoms with Gasteiger partial charge >= 0.3 is 0 Å². The van der Waals surface area contributed by atoms with Crippen molar-refractivity contribution in [3.8, 4) is 11.1 Å². The maximum atomic E-state index is 14.0. The predicted octanol–water partition coefficient (Wildman–Crippen LogP) is 7.14. The summed E-state index contributed by atoms with van der Waals surface area (Å²) >= 11 is 0. The van der Waals surface area contributed by atoms with Crippen LogP contribution < -0.4 is 0 Å². The third kappa shape index (κ3) is 4.24. The Hall–Kier alpha value is -3.48. The number of rotatable bonds is 5. The molecule has 1 fully saturated rings. The molecule has 1 saturated heterocycles. The summed E-state index contributed by atoms with van der Waals surface area (Å²) in [6.07, 6.45) is 7.21. The summed E-state index contributed by atoms with van der Waals surface area (Å²) < 4.78 is 27.5. The molecule has 1 aliphatic heterocycles. The number of benzene rings is 2. The van der Waals surface area contributed by atoms with Crippen LogP contribution in [0.1, 0.15) is 49.4 Å². The fourth-order valence-electron chi connectivity index (χ4n) is 5.71. The SMILES string of the molecule is Cc1cocc1-c1cnc2c3ccc(C(C)(C)O)cc3n(C(c3ccc(F)cc3)C3CCOCC3)c2c1. The minimum Gasteiger partial charge on any atom is -0.472 e. The molecule has 190 valence electrons. The second kappa shape index (κ2) is 9.12. The molecule has 0 spiro atoms. The maximum absolute atomic E-state index is 14.0. The van der Waals surface area contributed by atoms with Crippen LogP contribution in [0.2, 0.25) is 0 Å². The molecule has 1 aliphatic rings. The number of aliphatic hydroxyl groups is 1. The number of hydrogen-bond donors (Lipinski definition) is 1. The first-order valence-electron chi connectivity index (χ1n) is 12.8. The maximum Gasteiger partial charge on any atom is 0.123 e. The van der Waals surface area contributed by atoms with E-state index in [-0.39, 0.29) is 11.9 Å². The molecule has 0 amide bonds. The lowest BCUT2D eigenvalue weighted by molar-refractivity contribution is 0.0552. The molecule has 2 aromatic carbocycles. The number of aryl methyl sites for hydroxylation is 1. The van der Waals surface area contributed by atoms with Crippen LogP contribution in [0.5, 0.6) is 0 Å². The lowest BCUT2D eigenvalue weighted by Gasteiger charge is -2.33. The van der Waals surface area contributed by atoms with E-state index in [9.17, 15) is 9.50 Å². The highest BCUT2D eigenvalue weighted by Crippen LogP contribution is 2.42. The van der Waals surface area contributed by atoms with E-state index in [1.54, 1.807) is 26.4 Å². The smallest absolute Gasteiger partial charge is 0.123 e. The number of fused-ring (bicyclic) bond motifs is 3. The van der Waals surface area contributed by atoms with Crippen molar-refractivity contribution in [3.05, 3.63) is 89.8 Å². The van der Waals surface area contributed by atoms with Gasteiger partial charge in [0.25, 0.3) is 0 Å². The van der Waals surface area contributed by atoms with Gasteiger partial charge in [-0.25, -0.2) is 4.39 Å². The second-order valence-corrected chi connectivity index (χ2v) is 10.7. The van der Waals surface area contributed by atoms with Crippen molar-refractivity contribution in [2.45, 2.75) is 45.3 Å². The second-order valence-electron chi connectivity index (χ2n) is 10.7. The van der Waals surface area contributed by atoms with Crippen LogP contribution in [-0.2, 0) is 10.3 Å². The predicted molar refractivity (Wildman–Crippen MR) is 143 cm³/mol. The summed E-state index contributed by atoms with van der Waals surface area (Å²) in [5.74, 6) is 0.0449. The third-order valence-corrected chi connectivity index (χ3v) is 7.71. The molecule has 5 nitrogen and oxygen atoms in total. The molecule has 1 atom stereocenters. The Morgan fingerprint density at radius 1 is 1.03 bits per heavy atom. The van der Waals surface area contributed by atoms with Crippen molar-refractivity contribution in [1.82, 2.24) is 9.55 Å². The van der Waals surface area contributed by atoms with Crippen LogP contribution in [0.15, 0.2) is 71.7 Å². The molecular weight excluding hydrogens is 467 g/mol. The summed E-state index contributed by atoms with van der Waals surface area (Å²) in [7, 11) is 0. The van der Waals surface area contributed by atoms with Crippen molar-refractivity contribution in [2.75, 3.05) is 13.2 Å². The minimum atomic E-state index is -0.994. The van der Waals surface area contributed by atoms with E-state index in [4.69, 9.17) is 14.1 Å². The van der Waals surface area contributed by atoms with Gasteiger partial charge in [-0.15, -0.1) is 0 Å². The Bertz CT molecular complexity index is 1570. The Kier molecular flexibility index (Phi) is 5.89. The van der Waals surface area contributed by atoms with Crippen molar-refractivity contribution in [3.63, 3.8) is 0 Å². The molecule has 0 saturated carbocycles. The Balaban J connectivity index is 1.68. The van der Waals surface area contributed by atoms with Crippen molar-refractivity contribution < 1.29 is 18.7 Å². The number of furan rings is 1. The van der Waals surface area contributed by atoms with Crippen LogP contribution in [0, 0.1) is 18.7 Å². The largest absolute Gasteiger partial charge is 0.472 e. The van der Waals surface area contributed by atoms with E-state index in [0.717, 1.165) is 62.6 Å². The van der Waals surface area contributed by atoms with Gasteiger partial charge in [0.2, 0.25) is 0 Å².